The molecule has 6 nitrogen and oxygen atoms in total. The van der Waals surface area contributed by atoms with E-state index in [9.17, 15) is 4.79 Å². The van der Waals surface area contributed by atoms with Crippen molar-refractivity contribution in [1.29, 1.82) is 0 Å². The van der Waals surface area contributed by atoms with E-state index in [0.717, 1.165) is 29.7 Å². The van der Waals surface area contributed by atoms with E-state index in [4.69, 9.17) is 9.84 Å². The number of thioether (sulfide) groups is 1. The first-order valence-corrected chi connectivity index (χ1v) is 8.09. The Morgan fingerprint density at radius 3 is 2.95 bits per heavy atom. The predicted octanol–water partition coefficient (Wildman–Crippen LogP) is 2.87. The lowest BCUT2D eigenvalue weighted by Crippen LogP contribution is -2.02. The van der Waals surface area contributed by atoms with Gasteiger partial charge in [0.1, 0.15) is 11.6 Å². The number of aryl methyl sites for hydroxylation is 1. The standard InChI is InChI=1S/C15H19N3O3S/c1-3-18-11(2)16-17-15(18)22-9-5-8-21-13-7-4-6-12(10-13)14(19)20/h4,6-7,10H,3,5,8-9H2,1-2H3,(H,19,20). The number of ether oxygens (including phenoxy) is 1. The summed E-state index contributed by atoms with van der Waals surface area (Å²) in [6.07, 6.45) is 0.845. The van der Waals surface area contributed by atoms with E-state index in [-0.39, 0.29) is 5.56 Å². The average molecular weight is 321 g/mol. The van der Waals surface area contributed by atoms with E-state index in [0.29, 0.717) is 12.4 Å². The predicted molar refractivity (Wildman–Crippen MR) is 84.7 cm³/mol. The fourth-order valence-electron chi connectivity index (χ4n) is 1.96. The summed E-state index contributed by atoms with van der Waals surface area (Å²) in [5, 5.41) is 18.1. The second-order valence-corrected chi connectivity index (χ2v) is 5.72. The SMILES string of the molecule is CCn1c(C)nnc1SCCCOc1cccc(C(=O)O)c1. The molecule has 1 N–H and O–H groups in total. The molecule has 22 heavy (non-hydrogen) atoms. The summed E-state index contributed by atoms with van der Waals surface area (Å²) in [4.78, 5) is 10.9. The van der Waals surface area contributed by atoms with Crippen LogP contribution in [0.4, 0.5) is 0 Å². The van der Waals surface area contributed by atoms with Crippen molar-refractivity contribution in [3.63, 3.8) is 0 Å². The average Bonchev–Trinajstić information content (AvgIpc) is 2.87. The molecule has 7 heteroatoms. The van der Waals surface area contributed by atoms with Crippen LogP contribution < -0.4 is 4.74 Å². The molecule has 1 heterocycles. The molecule has 0 bridgehead atoms. The zero-order chi connectivity index (χ0) is 15.9. The van der Waals surface area contributed by atoms with Crippen LogP contribution in [0.1, 0.15) is 29.5 Å². The van der Waals surface area contributed by atoms with Crippen molar-refractivity contribution in [1.82, 2.24) is 14.8 Å². The van der Waals surface area contributed by atoms with Crippen LogP contribution in [-0.2, 0) is 6.54 Å². The van der Waals surface area contributed by atoms with Gasteiger partial charge in [-0.05, 0) is 38.5 Å². The van der Waals surface area contributed by atoms with E-state index in [1.54, 1.807) is 30.0 Å². The van der Waals surface area contributed by atoms with Gasteiger partial charge >= 0.3 is 5.97 Å². The Labute approximate surface area is 133 Å². The Kier molecular flexibility index (Phi) is 5.83. The van der Waals surface area contributed by atoms with Crippen LogP contribution in [0.2, 0.25) is 0 Å². The second-order valence-electron chi connectivity index (χ2n) is 4.66. The Balaban J connectivity index is 1.75. The van der Waals surface area contributed by atoms with Crippen molar-refractivity contribution >= 4 is 17.7 Å². The number of hydrogen-bond acceptors (Lipinski definition) is 5. The van der Waals surface area contributed by atoms with Crippen molar-refractivity contribution in [2.75, 3.05) is 12.4 Å². The highest BCUT2D eigenvalue weighted by Gasteiger charge is 2.07. The third kappa shape index (κ3) is 4.24. The van der Waals surface area contributed by atoms with Gasteiger partial charge < -0.3 is 14.4 Å². The third-order valence-corrected chi connectivity index (χ3v) is 4.14. The summed E-state index contributed by atoms with van der Waals surface area (Å²) in [7, 11) is 0. The minimum atomic E-state index is -0.949. The van der Waals surface area contributed by atoms with Crippen LogP contribution in [0.15, 0.2) is 29.4 Å². The highest BCUT2D eigenvalue weighted by Crippen LogP contribution is 2.18. The van der Waals surface area contributed by atoms with Gasteiger partial charge in [-0.15, -0.1) is 10.2 Å². The van der Waals surface area contributed by atoms with Crippen molar-refractivity contribution in [2.45, 2.75) is 32.0 Å². The maximum Gasteiger partial charge on any atom is 0.335 e. The molecule has 2 rings (SSSR count). The second kappa shape index (κ2) is 7.84. The summed E-state index contributed by atoms with van der Waals surface area (Å²) >= 11 is 1.65. The van der Waals surface area contributed by atoms with E-state index in [1.807, 2.05) is 6.92 Å². The molecule has 0 unspecified atom stereocenters. The molecule has 0 atom stereocenters. The fourth-order valence-corrected chi connectivity index (χ4v) is 2.92. The number of carboxylic acid groups (broad SMARTS) is 1. The third-order valence-electron chi connectivity index (χ3n) is 3.09. The molecule has 0 fully saturated rings. The van der Waals surface area contributed by atoms with E-state index in [1.165, 1.54) is 6.07 Å². The van der Waals surface area contributed by atoms with Crippen LogP contribution in [0.3, 0.4) is 0 Å². The van der Waals surface area contributed by atoms with Gasteiger partial charge in [0.25, 0.3) is 0 Å². The minimum absolute atomic E-state index is 0.235. The fraction of sp³-hybridized carbons (Fsp3) is 0.400. The molecule has 0 aliphatic heterocycles. The molecule has 118 valence electrons. The van der Waals surface area contributed by atoms with E-state index >= 15 is 0 Å². The van der Waals surface area contributed by atoms with E-state index in [2.05, 4.69) is 21.7 Å². The maximum atomic E-state index is 10.9. The Bertz CT molecular complexity index is 643. The van der Waals surface area contributed by atoms with E-state index < -0.39 is 5.97 Å². The molecule has 0 spiro atoms. The molecular formula is C15H19N3O3S. The van der Waals surface area contributed by atoms with Gasteiger partial charge in [0.15, 0.2) is 5.16 Å². The number of aromatic carboxylic acids is 1. The van der Waals surface area contributed by atoms with Gasteiger partial charge in [0, 0.05) is 12.3 Å². The number of rotatable bonds is 8. The summed E-state index contributed by atoms with van der Waals surface area (Å²) in [5.41, 5.74) is 0.235. The van der Waals surface area contributed by atoms with Crippen LogP contribution in [0, 0.1) is 6.92 Å². The molecule has 1 aromatic carbocycles. The van der Waals surface area contributed by atoms with Gasteiger partial charge in [-0.1, -0.05) is 17.8 Å². The van der Waals surface area contributed by atoms with Crippen molar-refractivity contribution in [3.8, 4) is 5.75 Å². The molecule has 0 amide bonds. The molecular weight excluding hydrogens is 302 g/mol. The number of nitrogens with zero attached hydrogens (tertiary/aromatic N) is 3. The maximum absolute atomic E-state index is 10.9. The monoisotopic (exact) mass is 321 g/mol. The molecule has 0 saturated carbocycles. The molecule has 1 aromatic heterocycles. The first kappa shape index (κ1) is 16.4. The van der Waals surface area contributed by atoms with Gasteiger partial charge in [0.2, 0.25) is 0 Å². The number of aromatic nitrogens is 3. The number of benzene rings is 1. The molecule has 0 radical (unpaired) electrons. The Hall–Kier alpha value is -2.02. The first-order valence-electron chi connectivity index (χ1n) is 7.10. The number of hydrogen-bond donors (Lipinski definition) is 1. The molecule has 2 aromatic rings. The molecule has 0 aliphatic carbocycles. The van der Waals surface area contributed by atoms with Crippen LogP contribution in [0.25, 0.3) is 0 Å². The highest BCUT2D eigenvalue weighted by molar-refractivity contribution is 7.99. The smallest absolute Gasteiger partial charge is 0.335 e. The summed E-state index contributed by atoms with van der Waals surface area (Å²) in [6.45, 7) is 5.41. The van der Waals surface area contributed by atoms with Crippen LogP contribution in [0.5, 0.6) is 5.75 Å². The summed E-state index contributed by atoms with van der Waals surface area (Å²) < 4.78 is 7.65. The zero-order valence-corrected chi connectivity index (χ0v) is 13.5. The minimum Gasteiger partial charge on any atom is -0.494 e. The topological polar surface area (TPSA) is 77.2 Å². The summed E-state index contributed by atoms with van der Waals surface area (Å²) in [5.74, 6) is 1.43. The summed E-state index contributed by atoms with van der Waals surface area (Å²) in [6, 6.07) is 6.52. The van der Waals surface area contributed by atoms with Gasteiger partial charge in [-0.25, -0.2) is 4.79 Å². The lowest BCUT2D eigenvalue weighted by Gasteiger charge is -2.07. The Morgan fingerprint density at radius 2 is 2.23 bits per heavy atom. The Morgan fingerprint density at radius 1 is 1.41 bits per heavy atom. The zero-order valence-electron chi connectivity index (χ0n) is 12.7. The van der Waals surface area contributed by atoms with Gasteiger partial charge in [-0.2, -0.15) is 0 Å². The number of carbonyl (C=O) groups is 1. The van der Waals surface area contributed by atoms with Crippen molar-refractivity contribution in [3.05, 3.63) is 35.7 Å². The largest absolute Gasteiger partial charge is 0.494 e. The highest BCUT2D eigenvalue weighted by atomic mass is 32.2. The molecule has 0 saturated heterocycles. The van der Waals surface area contributed by atoms with Crippen LogP contribution in [-0.4, -0.2) is 38.2 Å². The molecule has 0 aliphatic rings. The van der Waals surface area contributed by atoms with Gasteiger partial charge in [0.05, 0.1) is 12.2 Å². The van der Waals surface area contributed by atoms with Crippen LogP contribution >= 0.6 is 11.8 Å². The quantitative estimate of drug-likeness (QED) is 0.595. The first-order chi connectivity index (χ1) is 10.6. The van der Waals surface area contributed by atoms with Crippen molar-refractivity contribution < 1.29 is 14.6 Å². The lowest BCUT2D eigenvalue weighted by molar-refractivity contribution is 0.0696. The van der Waals surface area contributed by atoms with Gasteiger partial charge in [-0.3, -0.25) is 0 Å². The lowest BCUT2D eigenvalue weighted by atomic mass is 10.2. The van der Waals surface area contributed by atoms with Crippen molar-refractivity contribution in [2.24, 2.45) is 0 Å². The normalized spacial score (nSPS) is 10.6. The number of carboxylic acids is 1.